The second kappa shape index (κ2) is 5.07. The van der Waals surface area contributed by atoms with Gasteiger partial charge in [-0.15, -0.1) is 0 Å². The highest BCUT2D eigenvalue weighted by Crippen LogP contribution is 2.34. The van der Waals surface area contributed by atoms with Crippen molar-refractivity contribution in [2.45, 2.75) is 45.4 Å². The average molecular weight is 238 g/mol. The first kappa shape index (κ1) is 12.4. The van der Waals surface area contributed by atoms with Gasteiger partial charge < -0.3 is 10.6 Å². The second-order valence-electron chi connectivity index (χ2n) is 5.79. The van der Waals surface area contributed by atoms with Crippen LogP contribution in [0.25, 0.3) is 0 Å². The molecule has 4 nitrogen and oxygen atoms in total. The molecule has 0 bridgehead atoms. The Bertz CT molecular complexity index is 309. The molecule has 4 heteroatoms. The molecule has 1 aliphatic heterocycles. The molecule has 2 N–H and O–H groups in total. The van der Waals surface area contributed by atoms with E-state index in [2.05, 4.69) is 17.6 Å². The number of rotatable bonds is 3. The summed E-state index contributed by atoms with van der Waals surface area (Å²) in [5.41, 5.74) is 0.268. The van der Waals surface area contributed by atoms with Crippen LogP contribution in [0.15, 0.2) is 0 Å². The lowest BCUT2D eigenvalue weighted by molar-refractivity contribution is -0.127. The quantitative estimate of drug-likeness (QED) is 0.776. The molecule has 1 heterocycles. The summed E-state index contributed by atoms with van der Waals surface area (Å²) in [4.78, 5) is 22.9. The van der Waals surface area contributed by atoms with Gasteiger partial charge in [-0.1, -0.05) is 26.2 Å². The Morgan fingerprint density at radius 2 is 2.12 bits per heavy atom. The largest absolute Gasteiger partial charge is 0.355 e. The standard InChI is InChI=1S/C13H22N2O2/c1-13(5-3-2-4-6-13)9-15-12(17)10-7-11(16)14-8-10/h10H,2-9H2,1H3,(H,14,16)(H,15,17). The zero-order chi connectivity index (χ0) is 12.3. The SMILES string of the molecule is CC1(CNC(=O)C2CNC(=O)C2)CCCCC1. The first-order valence-electron chi connectivity index (χ1n) is 6.63. The molecule has 1 atom stereocenters. The third kappa shape index (κ3) is 3.20. The van der Waals surface area contributed by atoms with E-state index in [1.165, 1.54) is 32.1 Å². The molecule has 1 saturated heterocycles. The molecular weight excluding hydrogens is 216 g/mol. The van der Waals surface area contributed by atoms with Crippen molar-refractivity contribution in [1.82, 2.24) is 10.6 Å². The molecule has 2 fully saturated rings. The van der Waals surface area contributed by atoms with Gasteiger partial charge >= 0.3 is 0 Å². The van der Waals surface area contributed by atoms with Crippen LogP contribution in [0.2, 0.25) is 0 Å². The number of hydrogen-bond acceptors (Lipinski definition) is 2. The third-order valence-electron chi connectivity index (χ3n) is 4.10. The minimum atomic E-state index is -0.158. The van der Waals surface area contributed by atoms with E-state index in [4.69, 9.17) is 0 Å². The van der Waals surface area contributed by atoms with Gasteiger partial charge in [0.25, 0.3) is 0 Å². The maximum absolute atomic E-state index is 11.9. The Kier molecular flexibility index (Phi) is 3.69. The van der Waals surface area contributed by atoms with Crippen LogP contribution in [0.3, 0.4) is 0 Å². The summed E-state index contributed by atoms with van der Waals surface area (Å²) >= 11 is 0. The van der Waals surface area contributed by atoms with Gasteiger partial charge in [0.15, 0.2) is 0 Å². The fraction of sp³-hybridized carbons (Fsp3) is 0.846. The normalized spacial score (nSPS) is 27.6. The van der Waals surface area contributed by atoms with Crippen LogP contribution < -0.4 is 10.6 Å². The molecule has 0 radical (unpaired) electrons. The van der Waals surface area contributed by atoms with Crippen molar-refractivity contribution in [3.05, 3.63) is 0 Å². The van der Waals surface area contributed by atoms with E-state index in [1.807, 2.05) is 0 Å². The Morgan fingerprint density at radius 3 is 2.71 bits per heavy atom. The fourth-order valence-electron chi connectivity index (χ4n) is 2.82. The average Bonchev–Trinajstić information content (AvgIpc) is 2.74. The van der Waals surface area contributed by atoms with E-state index in [0.717, 1.165) is 6.54 Å². The summed E-state index contributed by atoms with van der Waals surface area (Å²) < 4.78 is 0. The smallest absolute Gasteiger partial charge is 0.225 e. The number of carbonyl (C=O) groups is 2. The Balaban J connectivity index is 1.77. The third-order valence-corrected chi connectivity index (χ3v) is 4.10. The molecule has 0 aromatic carbocycles. The zero-order valence-electron chi connectivity index (χ0n) is 10.6. The van der Waals surface area contributed by atoms with E-state index >= 15 is 0 Å². The Labute approximate surface area is 103 Å². The van der Waals surface area contributed by atoms with Crippen molar-refractivity contribution < 1.29 is 9.59 Å². The summed E-state index contributed by atoms with van der Waals surface area (Å²) in [6.45, 7) is 3.52. The van der Waals surface area contributed by atoms with Crippen LogP contribution in [-0.2, 0) is 9.59 Å². The molecule has 96 valence electrons. The van der Waals surface area contributed by atoms with Gasteiger partial charge in [-0.2, -0.15) is 0 Å². The first-order valence-corrected chi connectivity index (χ1v) is 6.63. The topological polar surface area (TPSA) is 58.2 Å². The highest BCUT2D eigenvalue weighted by atomic mass is 16.2. The minimum absolute atomic E-state index is 0.00553. The van der Waals surface area contributed by atoms with Crippen molar-refractivity contribution in [2.75, 3.05) is 13.1 Å². The maximum Gasteiger partial charge on any atom is 0.225 e. The van der Waals surface area contributed by atoms with Gasteiger partial charge in [-0.3, -0.25) is 9.59 Å². The molecule has 2 aliphatic rings. The summed E-state index contributed by atoms with van der Waals surface area (Å²) in [6, 6.07) is 0. The molecule has 1 aliphatic carbocycles. The molecule has 17 heavy (non-hydrogen) atoms. The van der Waals surface area contributed by atoms with E-state index < -0.39 is 0 Å². The Hall–Kier alpha value is -1.06. The number of amides is 2. The van der Waals surface area contributed by atoms with Crippen LogP contribution >= 0.6 is 0 Å². The summed E-state index contributed by atoms with van der Waals surface area (Å²) in [6.07, 6.45) is 6.63. The predicted molar refractivity (Wildman–Crippen MR) is 65.3 cm³/mol. The van der Waals surface area contributed by atoms with E-state index in [0.29, 0.717) is 13.0 Å². The highest BCUT2D eigenvalue weighted by Gasteiger charge is 2.31. The minimum Gasteiger partial charge on any atom is -0.355 e. The van der Waals surface area contributed by atoms with Crippen LogP contribution in [0.5, 0.6) is 0 Å². The zero-order valence-corrected chi connectivity index (χ0v) is 10.6. The molecule has 0 aromatic heterocycles. The molecule has 1 unspecified atom stereocenters. The highest BCUT2D eigenvalue weighted by molar-refractivity contribution is 5.89. The van der Waals surface area contributed by atoms with Crippen LogP contribution in [0.1, 0.15) is 45.4 Å². The molecule has 2 rings (SSSR count). The van der Waals surface area contributed by atoms with Crippen molar-refractivity contribution in [1.29, 1.82) is 0 Å². The molecule has 1 saturated carbocycles. The second-order valence-corrected chi connectivity index (χ2v) is 5.79. The van der Waals surface area contributed by atoms with Gasteiger partial charge in [0.1, 0.15) is 0 Å². The molecule has 2 amide bonds. The Morgan fingerprint density at radius 1 is 1.41 bits per heavy atom. The monoisotopic (exact) mass is 238 g/mol. The van der Waals surface area contributed by atoms with Gasteiger partial charge in [0.2, 0.25) is 11.8 Å². The van der Waals surface area contributed by atoms with Crippen molar-refractivity contribution in [2.24, 2.45) is 11.3 Å². The van der Waals surface area contributed by atoms with Gasteiger partial charge in [-0.25, -0.2) is 0 Å². The number of hydrogen-bond donors (Lipinski definition) is 2. The lowest BCUT2D eigenvalue weighted by atomic mass is 9.75. The van der Waals surface area contributed by atoms with E-state index in [1.54, 1.807) is 0 Å². The lowest BCUT2D eigenvalue weighted by Crippen LogP contribution is -2.40. The van der Waals surface area contributed by atoms with Crippen molar-refractivity contribution in [3.8, 4) is 0 Å². The predicted octanol–water partition coefficient (Wildman–Crippen LogP) is 1.21. The number of carbonyl (C=O) groups excluding carboxylic acids is 2. The molecular formula is C13H22N2O2. The van der Waals surface area contributed by atoms with Crippen LogP contribution in [0.4, 0.5) is 0 Å². The van der Waals surface area contributed by atoms with Crippen molar-refractivity contribution >= 4 is 11.8 Å². The summed E-state index contributed by atoms with van der Waals surface area (Å²) in [7, 11) is 0. The molecule has 0 spiro atoms. The summed E-state index contributed by atoms with van der Waals surface area (Å²) in [5, 5.41) is 5.72. The maximum atomic E-state index is 11.9. The van der Waals surface area contributed by atoms with Gasteiger partial charge in [-0.05, 0) is 18.3 Å². The van der Waals surface area contributed by atoms with E-state index in [-0.39, 0.29) is 23.1 Å². The van der Waals surface area contributed by atoms with Gasteiger partial charge in [0, 0.05) is 19.5 Å². The van der Waals surface area contributed by atoms with Crippen LogP contribution in [-0.4, -0.2) is 24.9 Å². The lowest BCUT2D eigenvalue weighted by Gasteiger charge is -2.33. The number of nitrogens with one attached hydrogen (secondary N) is 2. The van der Waals surface area contributed by atoms with Crippen molar-refractivity contribution in [3.63, 3.8) is 0 Å². The van der Waals surface area contributed by atoms with Gasteiger partial charge in [0.05, 0.1) is 5.92 Å². The van der Waals surface area contributed by atoms with Crippen LogP contribution in [0, 0.1) is 11.3 Å². The fourth-order valence-corrected chi connectivity index (χ4v) is 2.82. The van der Waals surface area contributed by atoms with E-state index in [9.17, 15) is 9.59 Å². The summed E-state index contributed by atoms with van der Waals surface area (Å²) in [5.74, 6) is -0.126. The molecule has 0 aromatic rings. The first-order chi connectivity index (χ1) is 8.09.